The molecular formula is C16H21NO5. The maximum atomic E-state index is 11.9. The van der Waals surface area contributed by atoms with Gasteiger partial charge in [0.1, 0.15) is 6.61 Å². The Labute approximate surface area is 129 Å². The van der Waals surface area contributed by atoms with Crippen LogP contribution in [0.15, 0.2) is 18.2 Å². The van der Waals surface area contributed by atoms with Gasteiger partial charge in [-0.1, -0.05) is 6.92 Å². The Hall–Kier alpha value is -2.24. The van der Waals surface area contributed by atoms with E-state index in [0.717, 1.165) is 19.4 Å². The van der Waals surface area contributed by atoms with Crippen LogP contribution in [-0.4, -0.2) is 48.2 Å². The molecule has 0 aromatic heterocycles. The highest BCUT2D eigenvalue weighted by Crippen LogP contribution is 2.29. The van der Waals surface area contributed by atoms with Crippen molar-refractivity contribution in [2.45, 2.75) is 32.2 Å². The average Bonchev–Trinajstić information content (AvgIpc) is 3.00. The fourth-order valence-corrected chi connectivity index (χ4v) is 2.65. The van der Waals surface area contributed by atoms with E-state index in [4.69, 9.17) is 14.6 Å². The van der Waals surface area contributed by atoms with Crippen LogP contribution in [0.4, 0.5) is 0 Å². The van der Waals surface area contributed by atoms with Gasteiger partial charge in [0, 0.05) is 13.0 Å². The number of methoxy groups -OCH3 is 1. The van der Waals surface area contributed by atoms with Crippen LogP contribution in [0.5, 0.6) is 11.5 Å². The summed E-state index contributed by atoms with van der Waals surface area (Å²) in [6.07, 6.45) is 2.39. The summed E-state index contributed by atoms with van der Waals surface area (Å²) < 4.78 is 10.9. The van der Waals surface area contributed by atoms with Crippen molar-refractivity contribution in [1.29, 1.82) is 0 Å². The minimum Gasteiger partial charge on any atom is -0.493 e. The summed E-state index contributed by atoms with van der Waals surface area (Å²) in [5, 5.41) is 8.98. The molecule has 0 radical (unpaired) electrons. The lowest BCUT2D eigenvalue weighted by atomic mass is 10.2. The molecular weight excluding hydrogens is 286 g/mol. The smallest absolute Gasteiger partial charge is 0.335 e. The highest BCUT2D eigenvalue weighted by molar-refractivity contribution is 5.88. The Morgan fingerprint density at radius 1 is 1.36 bits per heavy atom. The van der Waals surface area contributed by atoms with Gasteiger partial charge >= 0.3 is 5.97 Å². The van der Waals surface area contributed by atoms with E-state index in [1.54, 1.807) is 6.07 Å². The molecule has 0 unspecified atom stereocenters. The van der Waals surface area contributed by atoms with Gasteiger partial charge in [-0.3, -0.25) is 4.79 Å². The van der Waals surface area contributed by atoms with Crippen LogP contribution in [0.3, 0.4) is 0 Å². The molecule has 120 valence electrons. The Bertz CT molecular complexity index is 557. The molecule has 1 aromatic carbocycles. The molecule has 0 spiro atoms. The fourth-order valence-electron chi connectivity index (χ4n) is 2.65. The van der Waals surface area contributed by atoms with E-state index in [-0.39, 0.29) is 17.5 Å². The first-order valence-electron chi connectivity index (χ1n) is 7.40. The lowest BCUT2D eigenvalue weighted by Gasteiger charge is -2.24. The van der Waals surface area contributed by atoms with E-state index in [0.29, 0.717) is 24.5 Å². The summed E-state index contributed by atoms with van der Waals surface area (Å²) >= 11 is 0. The standard InChI is InChI=1S/C16H21NO5/c1-3-15(18)17-8-4-5-12(17)10-22-13-7-6-11(16(19)20)9-14(13)21-2/h6-7,9,12H,3-5,8,10H2,1-2H3,(H,19,20)/t12-/m0/s1. The van der Waals surface area contributed by atoms with Gasteiger partial charge in [-0.15, -0.1) is 0 Å². The number of amides is 1. The zero-order valence-electron chi connectivity index (χ0n) is 12.9. The summed E-state index contributed by atoms with van der Waals surface area (Å²) in [7, 11) is 1.47. The van der Waals surface area contributed by atoms with Crippen LogP contribution in [0.25, 0.3) is 0 Å². The summed E-state index contributed by atoms with van der Waals surface area (Å²) in [6.45, 7) is 3.01. The van der Waals surface area contributed by atoms with Crippen LogP contribution >= 0.6 is 0 Å². The van der Waals surface area contributed by atoms with Gasteiger partial charge in [-0.05, 0) is 31.0 Å². The number of nitrogens with zero attached hydrogens (tertiary/aromatic N) is 1. The number of carboxylic acids is 1. The van der Waals surface area contributed by atoms with Crippen molar-refractivity contribution < 1.29 is 24.2 Å². The predicted octanol–water partition coefficient (Wildman–Crippen LogP) is 2.17. The second kappa shape index (κ2) is 7.15. The van der Waals surface area contributed by atoms with Gasteiger partial charge < -0.3 is 19.5 Å². The van der Waals surface area contributed by atoms with Crippen LogP contribution < -0.4 is 9.47 Å². The molecule has 1 heterocycles. The van der Waals surface area contributed by atoms with Crippen molar-refractivity contribution in [3.63, 3.8) is 0 Å². The molecule has 1 aliphatic rings. The van der Waals surface area contributed by atoms with Gasteiger partial charge in [-0.25, -0.2) is 4.79 Å². The van der Waals surface area contributed by atoms with E-state index < -0.39 is 5.97 Å². The number of hydrogen-bond donors (Lipinski definition) is 1. The predicted molar refractivity (Wildman–Crippen MR) is 80.5 cm³/mol. The molecule has 1 aromatic rings. The minimum absolute atomic E-state index is 0.0660. The average molecular weight is 307 g/mol. The largest absolute Gasteiger partial charge is 0.493 e. The van der Waals surface area contributed by atoms with E-state index >= 15 is 0 Å². The van der Waals surface area contributed by atoms with Gasteiger partial charge in [-0.2, -0.15) is 0 Å². The molecule has 0 aliphatic carbocycles. The first-order chi connectivity index (χ1) is 10.6. The van der Waals surface area contributed by atoms with Crippen molar-refractivity contribution >= 4 is 11.9 Å². The SMILES string of the molecule is CCC(=O)N1CCC[C@H]1COc1ccc(C(=O)O)cc1OC. The first kappa shape index (κ1) is 16.1. The maximum absolute atomic E-state index is 11.9. The summed E-state index contributed by atoms with van der Waals surface area (Å²) in [5.74, 6) is -0.00536. The van der Waals surface area contributed by atoms with Crippen molar-refractivity contribution in [3.8, 4) is 11.5 Å². The minimum atomic E-state index is -1.01. The molecule has 1 saturated heterocycles. The quantitative estimate of drug-likeness (QED) is 0.871. The molecule has 2 rings (SSSR count). The molecule has 0 bridgehead atoms. The number of carbonyl (C=O) groups excluding carboxylic acids is 1. The number of carbonyl (C=O) groups is 2. The molecule has 6 heteroatoms. The maximum Gasteiger partial charge on any atom is 0.335 e. The van der Waals surface area contributed by atoms with E-state index in [2.05, 4.69) is 0 Å². The fraction of sp³-hybridized carbons (Fsp3) is 0.500. The third-order valence-corrected chi connectivity index (χ3v) is 3.84. The van der Waals surface area contributed by atoms with Gasteiger partial charge in [0.2, 0.25) is 5.91 Å². The van der Waals surface area contributed by atoms with E-state index in [1.165, 1.54) is 19.2 Å². The topological polar surface area (TPSA) is 76.1 Å². The number of rotatable bonds is 6. The van der Waals surface area contributed by atoms with Gasteiger partial charge in [0.25, 0.3) is 0 Å². The van der Waals surface area contributed by atoms with Crippen molar-refractivity contribution in [1.82, 2.24) is 4.90 Å². The van der Waals surface area contributed by atoms with Gasteiger partial charge in [0.15, 0.2) is 11.5 Å². The first-order valence-corrected chi connectivity index (χ1v) is 7.40. The molecule has 6 nitrogen and oxygen atoms in total. The molecule has 1 atom stereocenters. The van der Waals surface area contributed by atoms with Crippen LogP contribution in [0, 0.1) is 0 Å². The summed E-state index contributed by atoms with van der Waals surface area (Å²) in [5.41, 5.74) is 0.146. The van der Waals surface area contributed by atoms with Crippen molar-refractivity contribution in [3.05, 3.63) is 23.8 Å². The van der Waals surface area contributed by atoms with Crippen molar-refractivity contribution in [2.75, 3.05) is 20.3 Å². The number of aromatic carboxylic acids is 1. The second-order valence-electron chi connectivity index (χ2n) is 5.22. The summed E-state index contributed by atoms with van der Waals surface area (Å²) in [4.78, 5) is 24.7. The lowest BCUT2D eigenvalue weighted by Crippen LogP contribution is -2.38. The third-order valence-electron chi connectivity index (χ3n) is 3.84. The number of ether oxygens (including phenoxy) is 2. The number of likely N-dealkylation sites (tertiary alicyclic amines) is 1. The highest BCUT2D eigenvalue weighted by atomic mass is 16.5. The molecule has 1 N–H and O–H groups in total. The lowest BCUT2D eigenvalue weighted by molar-refractivity contribution is -0.132. The molecule has 0 saturated carbocycles. The van der Waals surface area contributed by atoms with Gasteiger partial charge in [0.05, 0.1) is 18.7 Å². The van der Waals surface area contributed by atoms with E-state index in [9.17, 15) is 9.59 Å². The Morgan fingerprint density at radius 2 is 2.14 bits per heavy atom. The van der Waals surface area contributed by atoms with Crippen LogP contribution in [0.1, 0.15) is 36.5 Å². The normalized spacial score (nSPS) is 17.4. The van der Waals surface area contributed by atoms with E-state index in [1.807, 2.05) is 11.8 Å². The molecule has 22 heavy (non-hydrogen) atoms. The Kier molecular flexibility index (Phi) is 5.25. The van der Waals surface area contributed by atoms with Crippen LogP contribution in [-0.2, 0) is 4.79 Å². The highest BCUT2D eigenvalue weighted by Gasteiger charge is 2.28. The molecule has 1 fully saturated rings. The summed E-state index contributed by atoms with van der Waals surface area (Å²) in [6, 6.07) is 4.56. The number of carboxylic acid groups (broad SMARTS) is 1. The third kappa shape index (κ3) is 3.50. The Morgan fingerprint density at radius 3 is 2.77 bits per heavy atom. The number of hydrogen-bond acceptors (Lipinski definition) is 4. The molecule has 1 aliphatic heterocycles. The van der Waals surface area contributed by atoms with Crippen LogP contribution in [0.2, 0.25) is 0 Å². The Balaban J connectivity index is 2.05. The van der Waals surface area contributed by atoms with Crippen molar-refractivity contribution in [2.24, 2.45) is 0 Å². The zero-order valence-corrected chi connectivity index (χ0v) is 12.9. The molecule has 1 amide bonds. The zero-order chi connectivity index (χ0) is 16.1. The monoisotopic (exact) mass is 307 g/mol. The second-order valence-corrected chi connectivity index (χ2v) is 5.22. The number of benzene rings is 1.